The van der Waals surface area contributed by atoms with Crippen LogP contribution in [-0.4, -0.2) is 15.2 Å². The second-order valence-corrected chi connectivity index (χ2v) is 3.81. The Morgan fingerprint density at radius 2 is 2.19 bits per heavy atom. The van der Waals surface area contributed by atoms with Crippen LogP contribution in [0.3, 0.4) is 0 Å². The summed E-state index contributed by atoms with van der Waals surface area (Å²) in [5, 5.41) is 6.32. The third-order valence-corrected chi connectivity index (χ3v) is 2.48. The highest BCUT2D eigenvalue weighted by Crippen LogP contribution is 2.08. The number of nitrogens with one attached hydrogen (secondary N) is 1. The van der Waals surface area contributed by atoms with Gasteiger partial charge < -0.3 is 0 Å². The fraction of sp³-hybridized carbons (Fsp3) is 0.250. The summed E-state index contributed by atoms with van der Waals surface area (Å²) >= 11 is 0. The fourth-order valence-electron chi connectivity index (χ4n) is 1.58. The lowest BCUT2D eigenvalue weighted by Crippen LogP contribution is -2.15. The third kappa shape index (κ3) is 2.16. The van der Waals surface area contributed by atoms with Crippen molar-refractivity contribution in [3.8, 4) is 0 Å². The first-order valence-corrected chi connectivity index (χ1v) is 5.12. The van der Waals surface area contributed by atoms with Crippen molar-refractivity contribution < 1.29 is 0 Å². The van der Waals surface area contributed by atoms with E-state index in [4.69, 9.17) is 0 Å². The van der Waals surface area contributed by atoms with E-state index in [9.17, 15) is 4.79 Å². The predicted molar refractivity (Wildman–Crippen MR) is 61.4 cm³/mol. The zero-order chi connectivity index (χ0) is 11.5. The summed E-state index contributed by atoms with van der Waals surface area (Å²) in [6.45, 7) is 3.84. The molecular formula is C12H13N3O. The lowest BCUT2D eigenvalue weighted by Gasteiger charge is -2.03. The molecule has 1 N–H and O–H groups in total. The van der Waals surface area contributed by atoms with Gasteiger partial charge in [-0.05, 0) is 31.5 Å². The number of aryl methyl sites for hydroxylation is 2. The maximum absolute atomic E-state index is 11.5. The molecule has 0 unspecified atom stereocenters. The monoisotopic (exact) mass is 215 g/mol. The molecule has 0 aliphatic rings. The first-order valence-electron chi connectivity index (χ1n) is 5.12. The number of rotatable bonds is 2. The molecule has 0 saturated carbocycles. The Morgan fingerprint density at radius 1 is 1.38 bits per heavy atom. The van der Waals surface area contributed by atoms with Gasteiger partial charge in [0.1, 0.15) is 0 Å². The molecular weight excluding hydrogens is 202 g/mol. The van der Waals surface area contributed by atoms with Gasteiger partial charge in [0.25, 0.3) is 5.56 Å². The minimum atomic E-state index is -0.143. The van der Waals surface area contributed by atoms with Gasteiger partial charge in [-0.1, -0.05) is 6.07 Å². The molecule has 2 heterocycles. The fourth-order valence-corrected chi connectivity index (χ4v) is 1.58. The minimum absolute atomic E-state index is 0.143. The Balaban J connectivity index is 2.38. The van der Waals surface area contributed by atoms with Gasteiger partial charge in [0, 0.05) is 23.9 Å². The van der Waals surface area contributed by atoms with Gasteiger partial charge in [0.05, 0.1) is 5.69 Å². The quantitative estimate of drug-likeness (QED) is 0.823. The van der Waals surface area contributed by atoms with E-state index in [-0.39, 0.29) is 5.56 Å². The van der Waals surface area contributed by atoms with Gasteiger partial charge in [-0.3, -0.25) is 9.78 Å². The number of H-pyrrole nitrogens is 1. The highest BCUT2D eigenvalue weighted by atomic mass is 16.1. The van der Waals surface area contributed by atoms with E-state index in [1.54, 1.807) is 12.3 Å². The second kappa shape index (κ2) is 4.26. The molecule has 0 saturated heterocycles. The molecule has 2 aromatic rings. The third-order valence-electron chi connectivity index (χ3n) is 2.48. The van der Waals surface area contributed by atoms with Gasteiger partial charge in [-0.2, -0.15) is 5.10 Å². The molecule has 82 valence electrons. The topological polar surface area (TPSA) is 58.6 Å². The summed E-state index contributed by atoms with van der Waals surface area (Å²) in [6.07, 6.45) is 2.29. The Kier molecular flexibility index (Phi) is 2.81. The summed E-state index contributed by atoms with van der Waals surface area (Å²) in [6, 6.07) is 5.68. The number of aromatic amines is 1. The summed E-state index contributed by atoms with van der Waals surface area (Å²) in [7, 11) is 0. The Morgan fingerprint density at radius 3 is 2.94 bits per heavy atom. The van der Waals surface area contributed by atoms with Crippen LogP contribution in [0.4, 0.5) is 0 Å². The van der Waals surface area contributed by atoms with Crippen molar-refractivity contribution in [3.63, 3.8) is 0 Å². The Hall–Kier alpha value is -1.97. The Bertz CT molecular complexity index is 560. The molecule has 0 amide bonds. The minimum Gasteiger partial charge on any atom is -0.268 e. The normalized spacial score (nSPS) is 10.4. The van der Waals surface area contributed by atoms with E-state index in [0.717, 1.165) is 17.0 Å². The van der Waals surface area contributed by atoms with E-state index < -0.39 is 0 Å². The van der Waals surface area contributed by atoms with Gasteiger partial charge in [0.15, 0.2) is 0 Å². The van der Waals surface area contributed by atoms with Gasteiger partial charge >= 0.3 is 0 Å². The number of hydrogen-bond donors (Lipinski definition) is 1. The van der Waals surface area contributed by atoms with E-state index in [1.165, 1.54) is 0 Å². The second-order valence-electron chi connectivity index (χ2n) is 3.81. The summed E-state index contributed by atoms with van der Waals surface area (Å²) in [5.41, 5.74) is 3.39. The largest absolute Gasteiger partial charge is 0.268 e. The number of pyridine rings is 1. The summed E-state index contributed by atoms with van der Waals surface area (Å²) in [5.74, 6) is 0. The van der Waals surface area contributed by atoms with Crippen molar-refractivity contribution in [3.05, 3.63) is 57.3 Å². The number of aromatic nitrogens is 3. The van der Waals surface area contributed by atoms with Crippen LogP contribution in [0.5, 0.6) is 0 Å². The van der Waals surface area contributed by atoms with Crippen LogP contribution < -0.4 is 5.56 Å². The van der Waals surface area contributed by atoms with Gasteiger partial charge in [-0.15, -0.1) is 0 Å². The lowest BCUT2D eigenvalue weighted by molar-refractivity contribution is 0.902. The maximum Gasteiger partial charge on any atom is 0.267 e. The van der Waals surface area contributed by atoms with Crippen LogP contribution in [-0.2, 0) is 6.42 Å². The molecule has 2 rings (SSSR count). The van der Waals surface area contributed by atoms with Crippen molar-refractivity contribution in [2.45, 2.75) is 20.3 Å². The average molecular weight is 215 g/mol. The van der Waals surface area contributed by atoms with Crippen LogP contribution in [0, 0.1) is 13.8 Å². The Labute approximate surface area is 93.4 Å². The SMILES string of the molecule is Cc1cc(Cc2ncccc2C)c(=O)[nH]n1. The zero-order valence-electron chi connectivity index (χ0n) is 9.32. The van der Waals surface area contributed by atoms with Crippen LogP contribution in [0.2, 0.25) is 0 Å². The molecule has 0 aliphatic carbocycles. The van der Waals surface area contributed by atoms with Crippen molar-refractivity contribution in [1.82, 2.24) is 15.2 Å². The lowest BCUT2D eigenvalue weighted by atomic mass is 10.1. The molecule has 0 atom stereocenters. The molecule has 0 aromatic carbocycles. The first-order chi connectivity index (χ1) is 7.66. The number of hydrogen-bond acceptors (Lipinski definition) is 3. The van der Waals surface area contributed by atoms with E-state index in [2.05, 4.69) is 15.2 Å². The van der Waals surface area contributed by atoms with E-state index >= 15 is 0 Å². The zero-order valence-corrected chi connectivity index (χ0v) is 9.32. The molecule has 2 aromatic heterocycles. The molecule has 16 heavy (non-hydrogen) atoms. The smallest absolute Gasteiger partial charge is 0.267 e. The van der Waals surface area contributed by atoms with Gasteiger partial charge in [0.2, 0.25) is 0 Å². The first kappa shape index (κ1) is 10.5. The molecule has 0 fully saturated rings. The molecule has 4 heteroatoms. The van der Waals surface area contributed by atoms with Crippen LogP contribution >= 0.6 is 0 Å². The standard InChI is InChI=1S/C12H13N3O/c1-8-4-3-5-13-11(8)7-10-6-9(2)14-15-12(10)16/h3-6H,7H2,1-2H3,(H,15,16). The number of nitrogens with zero attached hydrogens (tertiary/aromatic N) is 2. The predicted octanol–water partition coefficient (Wildman–Crippen LogP) is 1.37. The van der Waals surface area contributed by atoms with E-state index in [1.807, 2.05) is 26.0 Å². The van der Waals surface area contributed by atoms with Crippen molar-refractivity contribution in [2.24, 2.45) is 0 Å². The van der Waals surface area contributed by atoms with Crippen molar-refractivity contribution >= 4 is 0 Å². The highest BCUT2D eigenvalue weighted by Gasteiger charge is 2.05. The molecule has 0 bridgehead atoms. The molecule has 0 radical (unpaired) electrons. The van der Waals surface area contributed by atoms with Gasteiger partial charge in [-0.25, -0.2) is 5.10 Å². The van der Waals surface area contributed by atoms with Crippen molar-refractivity contribution in [1.29, 1.82) is 0 Å². The molecule has 0 aliphatic heterocycles. The highest BCUT2D eigenvalue weighted by molar-refractivity contribution is 5.25. The van der Waals surface area contributed by atoms with Crippen LogP contribution in [0.15, 0.2) is 29.2 Å². The molecule has 0 spiro atoms. The summed E-state index contributed by atoms with van der Waals surface area (Å²) < 4.78 is 0. The maximum atomic E-state index is 11.5. The van der Waals surface area contributed by atoms with Crippen LogP contribution in [0.25, 0.3) is 0 Å². The van der Waals surface area contributed by atoms with Crippen molar-refractivity contribution in [2.75, 3.05) is 0 Å². The van der Waals surface area contributed by atoms with E-state index in [0.29, 0.717) is 12.0 Å². The summed E-state index contributed by atoms with van der Waals surface area (Å²) in [4.78, 5) is 15.8. The van der Waals surface area contributed by atoms with Crippen LogP contribution in [0.1, 0.15) is 22.5 Å². The molecule has 4 nitrogen and oxygen atoms in total. The average Bonchev–Trinajstić information content (AvgIpc) is 2.27.